The van der Waals surface area contributed by atoms with E-state index < -0.39 is 0 Å². The van der Waals surface area contributed by atoms with Crippen LogP contribution in [0.2, 0.25) is 0 Å². The van der Waals surface area contributed by atoms with Crippen LogP contribution in [-0.4, -0.2) is 0 Å². The Morgan fingerprint density at radius 1 is 1.21 bits per heavy atom. The Morgan fingerprint density at radius 2 is 1.86 bits per heavy atom. The van der Waals surface area contributed by atoms with E-state index in [9.17, 15) is 0 Å². The van der Waals surface area contributed by atoms with Crippen molar-refractivity contribution in [3.8, 4) is 0 Å². The first-order valence-electron chi connectivity index (χ1n) is 4.10. The molecule has 0 N–H and O–H groups in total. The van der Waals surface area contributed by atoms with Gasteiger partial charge in [-0.1, -0.05) is 37.5 Å². The molecule has 14 heavy (non-hydrogen) atoms. The van der Waals surface area contributed by atoms with Crippen LogP contribution in [0.15, 0.2) is 24.3 Å². The summed E-state index contributed by atoms with van der Waals surface area (Å²) in [4.78, 5) is 0. The average Bonchev–Trinajstić information content (AvgIpc) is 2.47. The van der Waals surface area contributed by atoms with Gasteiger partial charge in [-0.05, 0) is 0 Å². The Hall–Kier alpha value is -0.310. The van der Waals surface area contributed by atoms with Crippen LogP contribution < -0.4 is 9.41 Å². The molecule has 1 unspecified atom stereocenters. The Bertz CT molecular complexity index is 297. The zero-order valence-corrected chi connectivity index (χ0v) is 11.5. The summed E-state index contributed by atoms with van der Waals surface area (Å²) in [7, 11) is 0. The molecule has 2 rings (SSSR count). The smallest absolute Gasteiger partial charge is 0 e. The molecule has 0 bridgehead atoms. The first-order chi connectivity index (χ1) is 5.42. The Kier molecular flexibility index (Phi) is 8.12. The Balaban J connectivity index is 0. The van der Waals surface area contributed by atoms with Gasteiger partial charge in [0.15, 0.2) is 0 Å². The van der Waals surface area contributed by atoms with E-state index in [0.717, 1.165) is 6.42 Å². The van der Waals surface area contributed by atoms with Crippen LogP contribution in [0.3, 0.4) is 0 Å². The minimum Gasteiger partial charge on any atom is -1.00 e. The average molecular weight is 360 g/mol. The van der Waals surface area contributed by atoms with Crippen molar-refractivity contribution in [2.45, 2.75) is 19.3 Å². The molecular formula is C11H11F2Hf-3. The molecule has 0 spiro atoms. The molecule has 0 nitrogen and oxygen atoms in total. The molecule has 0 fully saturated rings. The van der Waals surface area contributed by atoms with E-state index in [1.54, 1.807) is 0 Å². The summed E-state index contributed by atoms with van der Waals surface area (Å²) in [6, 6.07) is 8.52. The van der Waals surface area contributed by atoms with Gasteiger partial charge < -0.3 is 9.41 Å². The predicted molar refractivity (Wildman–Crippen MR) is 47.2 cm³/mol. The molecule has 1 atom stereocenters. The van der Waals surface area contributed by atoms with E-state index in [4.69, 9.17) is 0 Å². The summed E-state index contributed by atoms with van der Waals surface area (Å²) in [5.41, 5.74) is 2.79. The minimum absolute atomic E-state index is 0. The second kappa shape index (κ2) is 7.04. The molecule has 1 aliphatic carbocycles. The number of benzene rings is 1. The predicted octanol–water partition coefficient (Wildman–Crippen LogP) is -2.98. The number of allylic oxidation sites excluding steroid dienone is 1. The first kappa shape index (κ1) is 16.1. The normalized spacial score (nSPS) is 15.9. The van der Waals surface area contributed by atoms with Gasteiger partial charge in [0.1, 0.15) is 0 Å². The number of hydrogen-bond donors (Lipinski definition) is 0. The van der Waals surface area contributed by atoms with Crippen LogP contribution in [0, 0.1) is 6.08 Å². The molecule has 0 amide bonds. The molecule has 76 valence electrons. The summed E-state index contributed by atoms with van der Waals surface area (Å²) in [6.45, 7) is 2.20. The fraction of sp³-hybridized carbons (Fsp3) is 0.273. The number of rotatable bonds is 1. The molecule has 1 aliphatic rings. The van der Waals surface area contributed by atoms with Crippen molar-refractivity contribution < 1.29 is 35.3 Å². The van der Waals surface area contributed by atoms with Crippen molar-refractivity contribution in [2.75, 3.05) is 0 Å². The van der Waals surface area contributed by atoms with E-state index in [2.05, 4.69) is 43.3 Å². The van der Waals surface area contributed by atoms with Gasteiger partial charge in [-0.3, -0.25) is 6.08 Å². The van der Waals surface area contributed by atoms with Gasteiger partial charge in [-0.15, -0.1) is 11.6 Å². The van der Waals surface area contributed by atoms with Crippen LogP contribution in [0.1, 0.15) is 30.4 Å². The third-order valence-electron chi connectivity index (χ3n) is 2.22. The van der Waals surface area contributed by atoms with E-state index in [0.29, 0.717) is 5.92 Å². The fourth-order valence-electron chi connectivity index (χ4n) is 1.58. The summed E-state index contributed by atoms with van der Waals surface area (Å²) in [6.07, 6.45) is 6.61. The van der Waals surface area contributed by atoms with Crippen LogP contribution in [-0.2, 0) is 25.8 Å². The zero-order chi connectivity index (χ0) is 7.68. The first-order valence-corrected chi connectivity index (χ1v) is 4.10. The van der Waals surface area contributed by atoms with Gasteiger partial charge in [0.05, 0.1) is 0 Å². The molecule has 0 aliphatic heterocycles. The van der Waals surface area contributed by atoms with Crippen LogP contribution in [0.4, 0.5) is 0 Å². The Labute approximate surface area is 102 Å². The number of fused-ring (bicyclic) bond motifs is 1. The van der Waals surface area contributed by atoms with Crippen molar-refractivity contribution in [1.29, 1.82) is 0 Å². The van der Waals surface area contributed by atoms with Gasteiger partial charge >= 0.3 is 0 Å². The van der Waals surface area contributed by atoms with Crippen LogP contribution in [0.25, 0.3) is 6.08 Å². The largest absolute Gasteiger partial charge is 1.00 e. The third-order valence-corrected chi connectivity index (χ3v) is 2.22. The van der Waals surface area contributed by atoms with Crippen molar-refractivity contribution in [1.82, 2.24) is 0 Å². The molecule has 3 heteroatoms. The molecule has 0 saturated carbocycles. The number of halogens is 2. The van der Waals surface area contributed by atoms with E-state index in [1.807, 2.05) is 0 Å². The van der Waals surface area contributed by atoms with Gasteiger partial charge in [0, 0.05) is 25.8 Å². The summed E-state index contributed by atoms with van der Waals surface area (Å²) in [5, 5.41) is 0. The molecule has 0 heterocycles. The van der Waals surface area contributed by atoms with Crippen molar-refractivity contribution in [3.63, 3.8) is 0 Å². The third kappa shape index (κ3) is 2.84. The molecule has 0 saturated heterocycles. The Morgan fingerprint density at radius 3 is 2.50 bits per heavy atom. The van der Waals surface area contributed by atoms with Gasteiger partial charge in [-0.25, -0.2) is 6.08 Å². The molecule has 0 radical (unpaired) electrons. The summed E-state index contributed by atoms with van der Waals surface area (Å²) >= 11 is 0. The SMILES string of the molecule is CCC1[C-]=Cc2ccccc21.[F-].[F-].[Hf]. The molecule has 1 aromatic carbocycles. The zero-order valence-electron chi connectivity index (χ0n) is 7.93. The fourth-order valence-corrected chi connectivity index (χ4v) is 1.58. The monoisotopic (exact) mass is 361 g/mol. The second-order valence-corrected chi connectivity index (χ2v) is 2.90. The van der Waals surface area contributed by atoms with E-state index in [1.165, 1.54) is 11.1 Å². The van der Waals surface area contributed by atoms with Gasteiger partial charge in [-0.2, -0.15) is 5.56 Å². The standard InChI is InChI=1S/C11H11.2FH.Hf/c1-2-9-7-8-10-5-3-4-6-11(9)10;;;/h3-6,8-9H,2H2,1H3;2*1H;/q-1;;;/p-2. The van der Waals surface area contributed by atoms with Gasteiger partial charge in [0.2, 0.25) is 0 Å². The molecular weight excluding hydrogens is 349 g/mol. The van der Waals surface area contributed by atoms with Crippen LogP contribution >= 0.6 is 0 Å². The maximum Gasteiger partial charge on any atom is 0 e. The van der Waals surface area contributed by atoms with Crippen molar-refractivity contribution in [2.24, 2.45) is 0 Å². The topological polar surface area (TPSA) is 0 Å². The maximum absolute atomic E-state index is 3.35. The second-order valence-electron chi connectivity index (χ2n) is 2.90. The molecule has 0 aromatic heterocycles. The van der Waals surface area contributed by atoms with E-state index in [-0.39, 0.29) is 35.3 Å². The summed E-state index contributed by atoms with van der Waals surface area (Å²) in [5.74, 6) is 0.547. The van der Waals surface area contributed by atoms with E-state index >= 15 is 0 Å². The number of hydrogen-bond acceptors (Lipinski definition) is 0. The van der Waals surface area contributed by atoms with Crippen molar-refractivity contribution in [3.05, 3.63) is 41.5 Å². The summed E-state index contributed by atoms with van der Waals surface area (Å²) < 4.78 is 0. The minimum atomic E-state index is 0. The quantitative estimate of drug-likeness (QED) is 0.371. The van der Waals surface area contributed by atoms with Crippen LogP contribution in [0.5, 0.6) is 0 Å². The van der Waals surface area contributed by atoms with Gasteiger partial charge in [0.25, 0.3) is 0 Å². The maximum atomic E-state index is 3.35. The molecule has 1 aromatic rings. The van der Waals surface area contributed by atoms with Crippen molar-refractivity contribution >= 4 is 6.08 Å².